The van der Waals surface area contributed by atoms with Gasteiger partial charge in [-0.25, -0.2) is 13.2 Å². The standard InChI is InChI=1S/C18H17N3O5S/c1-11-12(18(23)26-2)7-5-8-14(11)20-16(22)10-19-17-13-6-3-4-9-15(13)27(24,25)21-17/h3-9H,10H2,1-2H3,(H,19,21)(H,20,22). The number of rotatable bonds is 4. The van der Waals surface area contributed by atoms with Crippen molar-refractivity contribution in [1.29, 1.82) is 0 Å². The van der Waals surface area contributed by atoms with Crippen molar-refractivity contribution < 1.29 is 22.7 Å². The second-order valence-electron chi connectivity index (χ2n) is 5.78. The largest absolute Gasteiger partial charge is 0.465 e. The van der Waals surface area contributed by atoms with Crippen molar-refractivity contribution in [3.05, 3.63) is 59.2 Å². The maximum atomic E-state index is 12.2. The Morgan fingerprint density at radius 3 is 2.63 bits per heavy atom. The number of ether oxygens (including phenoxy) is 1. The van der Waals surface area contributed by atoms with Crippen LogP contribution < -0.4 is 10.0 Å². The number of nitrogens with zero attached hydrogens (tertiary/aromatic N) is 1. The number of benzene rings is 2. The van der Waals surface area contributed by atoms with Crippen molar-refractivity contribution in [2.75, 3.05) is 19.0 Å². The molecule has 1 aliphatic rings. The van der Waals surface area contributed by atoms with Crippen LogP contribution in [-0.4, -0.2) is 39.8 Å². The molecule has 1 aliphatic heterocycles. The van der Waals surface area contributed by atoms with Crippen molar-refractivity contribution in [2.24, 2.45) is 4.99 Å². The van der Waals surface area contributed by atoms with E-state index in [4.69, 9.17) is 4.74 Å². The van der Waals surface area contributed by atoms with Crippen LogP contribution in [0.5, 0.6) is 0 Å². The first-order valence-corrected chi connectivity index (χ1v) is 9.46. The van der Waals surface area contributed by atoms with Gasteiger partial charge in [-0.3, -0.25) is 14.5 Å². The predicted molar refractivity (Wildman–Crippen MR) is 99.3 cm³/mol. The van der Waals surface area contributed by atoms with Gasteiger partial charge in [0.1, 0.15) is 12.4 Å². The highest BCUT2D eigenvalue weighted by molar-refractivity contribution is 7.90. The van der Waals surface area contributed by atoms with Gasteiger partial charge in [-0.05, 0) is 36.8 Å². The molecule has 3 rings (SSSR count). The number of methoxy groups -OCH3 is 1. The molecule has 0 aromatic heterocycles. The number of hydrogen-bond donors (Lipinski definition) is 2. The van der Waals surface area contributed by atoms with Crippen molar-refractivity contribution >= 4 is 33.4 Å². The lowest BCUT2D eigenvalue weighted by molar-refractivity contribution is -0.114. The van der Waals surface area contributed by atoms with E-state index < -0.39 is 21.9 Å². The Morgan fingerprint density at radius 2 is 1.89 bits per heavy atom. The number of carbonyl (C=O) groups is 2. The molecule has 0 atom stereocenters. The van der Waals surface area contributed by atoms with Crippen LogP contribution in [-0.2, 0) is 19.6 Å². The molecule has 1 amide bonds. The fraction of sp³-hybridized carbons (Fsp3) is 0.167. The van der Waals surface area contributed by atoms with Crippen molar-refractivity contribution in [2.45, 2.75) is 11.8 Å². The van der Waals surface area contributed by atoms with Gasteiger partial charge in [0.05, 0.1) is 17.6 Å². The molecule has 27 heavy (non-hydrogen) atoms. The summed E-state index contributed by atoms with van der Waals surface area (Å²) in [7, 11) is -2.37. The minimum Gasteiger partial charge on any atom is -0.465 e. The third-order valence-electron chi connectivity index (χ3n) is 4.06. The summed E-state index contributed by atoms with van der Waals surface area (Å²) in [4.78, 5) is 28.2. The minimum atomic E-state index is -3.65. The van der Waals surface area contributed by atoms with E-state index in [0.29, 0.717) is 22.4 Å². The van der Waals surface area contributed by atoms with E-state index in [-0.39, 0.29) is 17.3 Å². The smallest absolute Gasteiger partial charge is 0.338 e. The van der Waals surface area contributed by atoms with Gasteiger partial charge in [0.25, 0.3) is 10.0 Å². The van der Waals surface area contributed by atoms with Gasteiger partial charge < -0.3 is 10.1 Å². The monoisotopic (exact) mass is 387 g/mol. The van der Waals surface area contributed by atoms with Gasteiger partial charge in [-0.1, -0.05) is 18.2 Å². The van der Waals surface area contributed by atoms with E-state index in [9.17, 15) is 18.0 Å². The van der Waals surface area contributed by atoms with E-state index in [1.165, 1.54) is 13.2 Å². The van der Waals surface area contributed by atoms with E-state index in [0.717, 1.165) is 0 Å². The van der Waals surface area contributed by atoms with Crippen LogP contribution >= 0.6 is 0 Å². The van der Waals surface area contributed by atoms with Crippen LogP contribution in [0.15, 0.2) is 52.4 Å². The number of carbonyl (C=O) groups excluding carboxylic acids is 2. The number of esters is 1. The first-order chi connectivity index (χ1) is 12.8. The number of amides is 1. The normalized spacial score (nSPS) is 15.7. The average Bonchev–Trinajstić information content (AvgIpc) is 2.92. The van der Waals surface area contributed by atoms with Gasteiger partial charge in [-0.15, -0.1) is 0 Å². The molecule has 0 radical (unpaired) electrons. The summed E-state index contributed by atoms with van der Waals surface area (Å²) in [5.41, 5.74) is 1.79. The molecule has 2 aromatic rings. The van der Waals surface area contributed by atoms with Crippen LogP contribution in [0.4, 0.5) is 5.69 Å². The number of hydrogen-bond acceptors (Lipinski definition) is 6. The third kappa shape index (κ3) is 3.68. The fourth-order valence-corrected chi connectivity index (χ4v) is 3.94. The summed E-state index contributed by atoms with van der Waals surface area (Å²) >= 11 is 0. The number of aliphatic imine (C=N–C) groups is 1. The van der Waals surface area contributed by atoms with E-state index in [2.05, 4.69) is 15.0 Å². The first-order valence-electron chi connectivity index (χ1n) is 7.98. The molecular weight excluding hydrogens is 370 g/mol. The van der Waals surface area contributed by atoms with Crippen molar-refractivity contribution in [3.63, 3.8) is 0 Å². The molecule has 8 nitrogen and oxygen atoms in total. The lowest BCUT2D eigenvalue weighted by atomic mass is 10.1. The molecule has 9 heteroatoms. The van der Waals surface area contributed by atoms with Gasteiger partial charge in [0.2, 0.25) is 5.91 Å². The Balaban J connectivity index is 1.77. The van der Waals surface area contributed by atoms with Gasteiger partial charge in [-0.2, -0.15) is 0 Å². The maximum Gasteiger partial charge on any atom is 0.338 e. The lowest BCUT2D eigenvalue weighted by Crippen LogP contribution is -2.24. The molecule has 0 bridgehead atoms. The van der Waals surface area contributed by atoms with Gasteiger partial charge >= 0.3 is 5.97 Å². The molecule has 1 heterocycles. The lowest BCUT2D eigenvalue weighted by Gasteiger charge is -2.10. The molecule has 140 valence electrons. The Kier molecular flexibility index (Phi) is 4.95. The van der Waals surface area contributed by atoms with Crippen LogP contribution in [0.3, 0.4) is 0 Å². The molecule has 0 saturated carbocycles. The van der Waals surface area contributed by atoms with Gasteiger partial charge in [0.15, 0.2) is 0 Å². The second-order valence-corrected chi connectivity index (χ2v) is 7.44. The Hall–Kier alpha value is -3.20. The molecule has 0 fully saturated rings. The summed E-state index contributed by atoms with van der Waals surface area (Å²) in [5, 5.41) is 2.67. The number of fused-ring (bicyclic) bond motifs is 1. The highest BCUT2D eigenvalue weighted by Crippen LogP contribution is 2.22. The molecule has 0 saturated heterocycles. The molecule has 0 aliphatic carbocycles. The molecular formula is C18H17N3O5S. The van der Waals surface area contributed by atoms with E-state index in [1.54, 1.807) is 43.3 Å². The highest BCUT2D eigenvalue weighted by atomic mass is 32.2. The zero-order valence-corrected chi connectivity index (χ0v) is 15.5. The average molecular weight is 387 g/mol. The van der Waals surface area contributed by atoms with Gasteiger partial charge in [0, 0.05) is 11.3 Å². The zero-order chi connectivity index (χ0) is 19.6. The van der Waals surface area contributed by atoms with Crippen LogP contribution in [0, 0.1) is 6.92 Å². The molecule has 2 aromatic carbocycles. The fourth-order valence-electron chi connectivity index (χ4n) is 2.69. The van der Waals surface area contributed by atoms with Crippen LogP contribution in [0.1, 0.15) is 21.5 Å². The SMILES string of the molecule is COC(=O)c1cccc(NC(=O)CN=C2NS(=O)(=O)c3ccccc32)c1C. The summed E-state index contributed by atoms with van der Waals surface area (Å²) in [6, 6.07) is 11.3. The summed E-state index contributed by atoms with van der Waals surface area (Å²) in [6.45, 7) is 1.41. The third-order valence-corrected chi connectivity index (χ3v) is 5.45. The summed E-state index contributed by atoms with van der Waals surface area (Å²) in [6.07, 6.45) is 0. The van der Waals surface area contributed by atoms with Crippen LogP contribution in [0.2, 0.25) is 0 Å². The quantitative estimate of drug-likeness (QED) is 0.771. The second kappa shape index (κ2) is 7.20. The molecule has 2 N–H and O–H groups in total. The van der Waals surface area contributed by atoms with Crippen molar-refractivity contribution in [1.82, 2.24) is 4.72 Å². The van der Waals surface area contributed by atoms with Crippen molar-refractivity contribution in [3.8, 4) is 0 Å². The number of nitrogens with one attached hydrogen (secondary N) is 2. The Labute approximate surface area is 156 Å². The van der Waals surface area contributed by atoms with E-state index in [1.807, 2.05) is 0 Å². The topological polar surface area (TPSA) is 114 Å². The number of amidine groups is 1. The first kappa shape index (κ1) is 18.6. The summed E-state index contributed by atoms with van der Waals surface area (Å²) in [5.74, 6) is -0.821. The Morgan fingerprint density at radius 1 is 1.15 bits per heavy atom. The van der Waals surface area contributed by atoms with E-state index >= 15 is 0 Å². The number of anilines is 1. The molecule has 0 unspecified atom stereocenters. The maximum absolute atomic E-state index is 12.2. The van der Waals surface area contributed by atoms with Crippen LogP contribution in [0.25, 0.3) is 0 Å². The zero-order valence-electron chi connectivity index (χ0n) is 14.6. The highest BCUT2D eigenvalue weighted by Gasteiger charge is 2.30. The Bertz CT molecular complexity index is 1060. The number of sulfonamides is 1. The molecule has 0 spiro atoms. The minimum absolute atomic E-state index is 0.126. The summed E-state index contributed by atoms with van der Waals surface area (Å²) < 4.78 is 31.1. The predicted octanol–water partition coefficient (Wildman–Crippen LogP) is 1.46.